The Morgan fingerprint density at radius 1 is 1.06 bits per heavy atom. The van der Waals surface area contributed by atoms with Gasteiger partial charge in [0.2, 0.25) is 10.0 Å². The third kappa shape index (κ3) is 3.78. The van der Waals surface area contributed by atoms with Crippen molar-refractivity contribution in [1.82, 2.24) is 4.72 Å². The summed E-state index contributed by atoms with van der Waals surface area (Å²) in [4.78, 5) is 0. The van der Waals surface area contributed by atoms with Gasteiger partial charge in [-0.1, -0.05) is 0 Å². The normalized spacial score (nSPS) is 11.1. The number of rotatable bonds is 6. The van der Waals surface area contributed by atoms with E-state index >= 15 is 0 Å². The zero-order valence-electron chi connectivity index (χ0n) is 10.8. The van der Waals surface area contributed by atoms with E-state index in [0.717, 1.165) is 6.26 Å². The van der Waals surface area contributed by atoms with E-state index < -0.39 is 10.0 Å². The molecular formula is C11H17NO5S. The first-order chi connectivity index (χ1) is 8.41. The highest BCUT2D eigenvalue weighted by molar-refractivity contribution is 7.88. The largest absolute Gasteiger partial charge is 0.496 e. The number of nitrogens with one attached hydrogen (secondary N) is 1. The second-order valence-electron chi connectivity index (χ2n) is 3.60. The molecular weight excluding hydrogens is 258 g/mol. The molecule has 1 N–H and O–H groups in total. The van der Waals surface area contributed by atoms with Crippen LogP contribution in [0, 0.1) is 0 Å². The van der Waals surface area contributed by atoms with Crippen LogP contribution >= 0.6 is 0 Å². The summed E-state index contributed by atoms with van der Waals surface area (Å²) in [5, 5.41) is 0. The lowest BCUT2D eigenvalue weighted by molar-refractivity contribution is 0.368. The molecule has 0 fully saturated rings. The second kappa shape index (κ2) is 5.92. The molecule has 18 heavy (non-hydrogen) atoms. The summed E-state index contributed by atoms with van der Waals surface area (Å²) >= 11 is 0. The topological polar surface area (TPSA) is 73.9 Å². The molecule has 0 saturated heterocycles. The number of benzene rings is 1. The molecule has 0 aliphatic carbocycles. The van der Waals surface area contributed by atoms with Crippen LogP contribution in [-0.4, -0.2) is 36.0 Å². The molecule has 1 rings (SSSR count). The van der Waals surface area contributed by atoms with Gasteiger partial charge in [-0.2, -0.15) is 0 Å². The van der Waals surface area contributed by atoms with Gasteiger partial charge in [0, 0.05) is 18.7 Å². The van der Waals surface area contributed by atoms with E-state index in [1.54, 1.807) is 12.1 Å². The van der Waals surface area contributed by atoms with E-state index in [9.17, 15) is 8.42 Å². The fourth-order valence-corrected chi connectivity index (χ4v) is 1.86. The average molecular weight is 275 g/mol. The number of ether oxygens (including phenoxy) is 3. The second-order valence-corrected chi connectivity index (χ2v) is 5.44. The first kappa shape index (κ1) is 14.6. The molecule has 1 aromatic carbocycles. The molecule has 0 radical (unpaired) electrons. The van der Waals surface area contributed by atoms with Crippen LogP contribution < -0.4 is 18.9 Å². The Hall–Kier alpha value is -1.47. The van der Waals surface area contributed by atoms with Gasteiger partial charge in [0.25, 0.3) is 0 Å². The quantitative estimate of drug-likeness (QED) is 0.829. The molecule has 0 amide bonds. The third-order valence-electron chi connectivity index (χ3n) is 2.33. The van der Waals surface area contributed by atoms with Gasteiger partial charge in [0.1, 0.15) is 17.2 Å². The lowest BCUT2D eigenvalue weighted by atomic mass is 10.1. The number of hydrogen-bond acceptors (Lipinski definition) is 5. The summed E-state index contributed by atoms with van der Waals surface area (Å²) in [5.74, 6) is 1.58. The smallest absolute Gasteiger partial charge is 0.209 e. The van der Waals surface area contributed by atoms with Crippen LogP contribution in [-0.2, 0) is 16.6 Å². The standard InChI is InChI=1S/C11H17NO5S/c1-15-8-5-10(16-2)9(11(6-8)17-3)7-12-18(4,13)14/h5-6,12H,7H2,1-4H3. The molecule has 0 bridgehead atoms. The fourth-order valence-electron chi connectivity index (χ4n) is 1.46. The molecule has 0 aromatic heterocycles. The Kier molecular flexibility index (Phi) is 4.80. The van der Waals surface area contributed by atoms with E-state index in [1.807, 2.05) is 0 Å². The van der Waals surface area contributed by atoms with Crippen molar-refractivity contribution < 1.29 is 22.6 Å². The van der Waals surface area contributed by atoms with Gasteiger partial charge in [0.05, 0.1) is 33.1 Å². The minimum atomic E-state index is -3.28. The van der Waals surface area contributed by atoms with Crippen molar-refractivity contribution in [2.45, 2.75) is 6.54 Å². The van der Waals surface area contributed by atoms with Gasteiger partial charge < -0.3 is 14.2 Å². The van der Waals surface area contributed by atoms with E-state index in [2.05, 4.69) is 4.72 Å². The summed E-state index contributed by atoms with van der Waals surface area (Å²) in [5.41, 5.74) is 0.617. The van der Waals surface area contributed by atoms with Crippen molar-refractivity contribution in [3.05, 3.63) is 17.7 Å². The Morgan fingerprint density at radius 3 is 1.89 bits per heavy atom. The Labute approximate surface area is 107 Å². The van der Waals surface area contributed by atoms with E-state index in [0.29, 0.717) is 22.8 Å². The van der Waals surface area contributed by atoms with E-state index in [1.165, 1.54) is 21.3 Å². The lowest BCUT2D eigenvalue weighted by Gasteiger charge is -2.15. The van der Waals surface area contributed by atoms with Gasteiger partial charge in [-0.25, -0.2) is 13.1 Å². The predicted octanol–water partition coefficient (Wildman–Crippen LogP) is 0.762. The van der Waals surface area contributed by atoms with Crippen LogP contribution in [0.5, 0.6) is 17.2 Å². The molecule has 0 aliphatic heterocycles. The van der Waals surface area contributed by atoms with Crippen molar-refractivity contribution in [3.63, 3.8) is 0 Å². The minimum Gasteiger partial charge on any atom is -0.496 e. The molecule has 6 nitrogen and oxygen atoms in total. The van der Waals surface area contributed by atoms with Gasteiger partial charge in [0.15, 0.2) is 0 Å². The van der Waals surface area contributed by atoms with Crippen molar-refractivity contribution >= 4 is 10.0 Å². The maximum atomic E-state index is 11.1. The molecule has 0 unspecified atom stereocenters. The van der Waals surface area contributed by atoms with Crippen molar-refractivity contribution in [2.75, 3.05) is 27.6 Å². The maximum absolute atomic E-state index is 11.1. The summed E-state index contributed by atoms with van der Waals surface area (Å²) in [6, 6.07) is 3.34. The fraction of sp³-hybridized carbons (Fsp3) is 0.455. The van der Waals surface area contributed by atoms with Crippen LogP contribution in [0.2, 0.25) is 0 Å². The Bertz CT molecular complexity index is 487. The average Bonchev–Trinajstić information content (AvgIpc) is 2.34. The highest BCUT2D eigenvalue weighted by Gasteiger charge is 2.14. The minimum absolute atomic E-state index is 0.0924. The summed E-state index contributed by atoms with van der Waals surface area (Å²) in [6.07, 6.45) is 1.09. The number of hydrogen-bond donors (Lipinski definition) is 1. The van der Waals surface area contributed by atoms with Crippen LogP contribution in [0.15, 0.2) is 12.1 Å². The number of sulfonamides is 1. The van der Waals surface area contributed by atoms with Crippen molar-refractivity contribution in [1.29, 1.82) is 0 Å². The highest BCUT2D eigenvalue weighted by Crippen LogP contribution is 2.33. The number of methoxy groups -OCH3 is 3. The predicted molar refractivity (Wildman–Crippen MR) is 67.8 cm³/mol. The first-order valence-electron chi connectivity index (χ1n) is 5.14. The van der Waals surface area contributed by atoms with E-state index in [-0.39, 0.29) is 6.54 Å². The molecule has 102 valence electrons. The Balaban J connectivity index is 3.14. The zero-order chi connectivity index (χ0) is 13.8. The monoisotopic (exact) mass is 275 g/mol. The van der Waals surface area contributed by atoms with Gasteiger partial charge in [-0.3, -0.25) is 0 Å². The van der Waals surface area contributed by atoms with Gasteiger partial charge in [-0.15, -0.1) is 0 Å². The third-order valence-corrected chi connectivity index (χ3v) is 3.00. The maximum Gasteiger partial charge on any atom is 0.209 e. The van der Waals surface area contributed by atoms with Crippen molar-refractivity contribution in [3.8, 4) is 17.2 Å². The summed E-state index contributed by atoms with van der Waals surface area (Å²) in [7, 11) is 1.25. The molecule has 0 aliphatic rings. The van der Waals surface area contributed by atoms with Crippen LogP contribution in [0.1, 0.15) is 5.56 Å². The van der Waals surface area contributed by atoms with Gasteiger partial charge in [-0.05, 0) is 0 Å². The SMILES string of the molecule is COc1cc(OC)c(CNS(C)(=O)=O)c(OC)c1. The van der Waals surface area contributed by atoms with E-state index in [4.69, 9.17) is 14.2 Å². The van der Waals surface area contributed by atoms with Gasteiger partial charge >= 0.3 is 0 Å². The zero-order valence-corrected chi connectivity index (χ0v) is 11.6. The first-order valence-corrected chi connectivity index (χ1v) is 7.04. The lowest BCUT2D eigenvalue weighted by Crippen LogP contribution is -2.22. The van der Waals surface area contributed by atoms with Crippen LogP contribution in [0.3, 0.4) is 0 Å². The summed E-state index contributed by atoms with van der Waals surface area (Å²) < 4.78 is 40.1. The molecule has 7 heteroatoms. The van der Waals surface area contributed by atoms with Crippen molar-refractivity contribution in [2.24, 2.45) is 0 Å². The molecule has 0 spiro atoms. The molecule has 0 saturated carbocycles. The summed E-state index contributed by atoms with van der Waals surface area (Å²) in [6.45, 7) is 0.0924. The molecule has 0 heterocycles. The van der Waals surface area contributed by atoms with Crippen LogP contribution in [0.25, 0.3) is 0 Å². The highest BCUT2D eigenvalue weighted by atomic mass is 32.2. The van der Waals surface area contributed by atoms with Crippen LogP contribution in [0.4, 0.5) is 0 Å². The molecule has 0 atom stereocenters. The Morgan fingerprint density at radius 2 is 1.56 bits per heavy atom. The molecule has 1 aromatic rings.